The molecule has 0 aliphatic carbocycles. The van der Waals surface area contributed by atoms with Gasteiger partial charge in [-0.3, -0.25) is 0 Å². The third-order valence-corrected chi connectivity index (χ3v) is 3.21. The average molecular weight is 300 g/mol. The van der Waals surface area contributed by atoms with Gasteiger partial charge in [-0.25, -0.2) is 0 Å². The molecule has 0 saturated heterocycles. The third kappa shape index (κ3) is 4.82. The van der Waals surface area contributed by atoms with E-state index >= 15 is 0 Å². The Labute approximate surface area is 131 Å². The van der Waals surface area contributed by atoms with Crippen molar-refractivity contribution < 1.29 is 4.74 Å². The van der Waals surface area contributed by atoms with Crippen LogP contribution in [0.15, 0.2) is 48.5 Å². The first kappa shape index (κ1) is 15.4. The molecule has 0 saturated carbocycles. The van der Waals surface area contributed by atoms with E-state index in [0.29, 0.717) is 17.4 Å². The summed E-state index contributed by atoms with van der Waals surface area (Å²) in [6.07, 6.45) is 0. The Morgan fingerprint density at radius 3 is 2.67 bits per heavy atom. The molecule has 0 fully saturated rings. The molecule has 0 aliphatic heterocycles. The number of nitrogens with one attached hydrogen (secondary N) is 1. The zero-order chi connectivity index (χ0) is 14.9. The van der Waals surface area contributed by atoms with Gasteiger partial charge in [0.15, 0.2) is 0 Å². The van der Waals surface area contributed by atoms with Gasteiger partial charge >= 0.3 is 0 Å². The highest BCUT2D eigenvalue weighted by Crippen LogP contribution is 2.28. The van der Waals surface area contributed by atoms with Gasteiger partial charge in [0.1, 0.15) is 12.4 Å². The fourth-order valence-corrected chi connectivity index (χ4v) is 2.13. The van der Waals surface area contributed by atoms with Gasteiger partial charge in [0.05, 0.1) is 5.02 Å². The van der Waals surface area contributed by atoms with Gasteiger partial charge in [0.2, 0.25) is 0 Å². The van der Waals surface area contributed by atoms with Crippen molar-refractivity contribution in [3.05, 3.63) is 64.7 Å². The van der Waals surface area contributed by atoms with E-state index in [0.717, 1.165) is 24.2 Å². The van der Waals surface area contributed by atoms with E-state index in [9.17, 15) is 0 Å². The maximum atomic E-state index is 6.20. The highest BCUT2D eigenvalue weighted by molar-refractivity contribution is 6.32. The standard InChI is InChI=1S/C18H18ClNO/c1-2-20-14-16-11-6-12-17(19)18(16)21-13-7-10-15-8-4-3-5-9-15/h3-6,8-9,11-12,20H,2,13-14H2,1H3. The van der Waals surface area contributed by atoms with Gasteiger partial charge in [0, 0.05) is 17.7 Å². The van der Waals surface area contributed by atoms with Crippen LogP contribution in [0.2, 0.25) is 5.02 Å². The number of rotatable bonds is 5. The molecule has 2 nitrogen and oxygen atoms in total. The maximum Gasteiger partial charge on any atom is 0.149 e. The molecule has 0 spiro atoms. The lowest BCUT2D eigenvalue weighted by Crippen LogP contribution is -2.13. The fourth-order valence-electron chi connectivity index (χ4n) is 1.88. The number of hydrogen-bond acceptors (Lipinski definition) is 2. The van der Waals surface area contributed by atoms with Crippen LogP contribution in [0, 0.1) is 11.8 Å². The number of para-hydroxylation sites is 1. The number of hydrogen-bond donors (Lipinski definition) is 1. The lowest BCUT2D eigenvalue weighted by atomic mass is 10.2. The van der Waals surface area contributed by atoms with Crippen molar-refractivity contribution >= 4 is 11.6 Å². The molecule has 21 heavy (non-hydrogen) atoms. The van der Waals surface area contributed by atoms with Crippen molar-refractivity contribution in [2.24, 2.45) is 0 Å². The summed E-state index contributed by atoms with van der Waals surface area (Å²) < 4.78 is 5.74. The Morgan fingerprint density at radius 1 is 1.10 bits per heavy atom. The Hall–Kier alpha value is -1.95. The van der Waals surface area contributed by atoms with Crippen molar-refractivity contribution in [3.63, 3.8) is 0 Å². The van der Waals surface area contributed by atoms with Crippen LogP contribution < -0.4 is 10.1 Å². The summed E-state index contributed by atoms with van der Waals surface area (Å²) in [5.74, 6) is 6.78. The molecule has 0 aliphatic rings. The minimum absolute atomic E-state index is 0.317. The molecule has 1 N–H and O–H groups in total. The summed E-state index contributed by atoms with van der Waals surface area (Å²) in [5.41, 5.74) is 2.03. The van der Waals surface area contributed by atoms with Gasteiger partial charge in [-0.1, -0.05) is 60.7 Å². The Kier molecular flexibility index (Phi) is 6.15. The molecule has 2 aromatic carbocycles. The van der Waals surface area contributed by atoms with Crippen LogP contribution in [-0.2, 0) is 6.54 Å². The SMILES string of the molecule is CCNCc1cccc(Cl)c1OCC#Cc1ccccc1. The Balaban J connectivity index is 2.01. The first-order valence-corrected chi connectivity index (χ1v) is 7.34. The van der Waals surface area contributed by atoms with E-state index in [1.807, 2.05) is 48.5 Å². The van der Waals surface area contributed by atoms with E-state index < -0.39 is 0 Å². The van der Waals surface area contributed by atoms with Crippen molar-refractivity contribution in [3.8, 4) is 17.6 Å². The van der Waals surface area contributed by atoms with Gasteiger partial charge in [-0.15, -0.1) is 0 Å². The highest BCUT2D eigenvalue weighted by atomic mass is 35.5. The average Bonchev–Trinajstić information content (AvgIpc) is 2.52. The normalized spacial score (nSPS) is 9.81. The summed E-state index contributed by atoms with van der Waals surface area (Å²) in [6, 6.07) is 15.6. The Morgan fingerprint density at radius 2 is 1.90 bits per heavy atom. The molecular weight excluding hydrogens is 282 g/mol. The maximum absolute atomic E-state index is 6.20. The van der Waals surface area contributed by atoms with Crippen molar-refractivity contribution in [1.82, 2.24) is 5.32 Å². The summed E-state index contributed by atoms with van der Waals surface area (Å²) in [7, 11) is 0. The molecule has 0 atom stereocenters. The zero-order valence-electron chi connectivity index (χ0n) is 12.0. The van der Waals surface area contributed by atoms with Gasteiger partial charge in [-0.2, -0.15) is 0 Å². The number of benzene rings is 2. The molecular formula is C18H18ClNO. The molecule has 108 valence electrons. The topological polar surface area (TPSA) is 21.3 Å². The van der Waals surface area contributed by atoms with Crippen molar-refractivity contribution in [1.29, 1.82) is 0 Å². The van der Waals surface area contributed by atoms with Crippen LogP contribution in [-0.4, -0.2) is 13.2 Å². The third-order valence-electron chi connectivity index (χ3n) is 2.91. The molecule has 0 amide bonds. The first-order valence-electron chi connectivity index (χ1n) is 6.96. The van der Waals surface area contributed by atoms with E-state index in [1.54, 1.807) is 0 Å². The molecule has 2 aromatic rings. The summed E-state index contributed by atoms with van der Waals surface area (Å²) in [5, 5.41) is 3.89. The van der Waals surface area contributed by atoms with E-state index in [2.05, 4.69) is 24.1 Å². The van der Waals surface area contributed by atoms with Crippen LogP contribution in [0.1, 0.15) is 18.1 Å². The lowest BCUT2D eigenvalue weighted by molar-refractivity contribution is 0.365. The van der Waals surface area contributed by atoms with E-state index in [4.69, 9.17) is 16.3 Å². The second-order valence-corrected chi connectivity index (χ2v) is 4.87. The smallest absolute Gasteiger partial charge is 0.149 e. The predicted octanol–water partition coefficient (Wildman–Crippen LogP) is 3.88. The predicted molar refractivity (Wildman–Crippen MR) is 87.6 cm³/mol. The zero-order valence-corrected chi connectivity index (χ0v) is 12.8. The molecule has 2 rings (SSSR count). The van der Waals surface area contributed by atoms with Gasteiger partial charge in [0.25, 0.3) is 0 Å². The van der Waals surface area contributed by atoms with Crippen LogP contribution in [0.4, 0.5) is 0 Å². The number of ether oxygens (including phenoxy) is 1. The lowest BCUT2D eigenvalue weighted by Gasteiger charge is -2.11. The molecule has 0 radical (unpaired) electrons. The second-order valence-electron chi connectivity index (χ2n) is 4.46. The molecule has 0 heterocycles. The fraction of sp³-hybridized carbons (Fsp3) is 0.222. The Bertz CT molecular complexity index is 629. The van der Waals surface area contributed by atoms with Crippen LogP contribution in [0.25, 0.3) is 0 Å². The van der Waals surface area contributed by atoms with Crippen LogP contribution in [0.3, 0.4) is 0 Å². The van der Waals surface area contributed by atoms with Crippen molar-refractivity contribution in [2.45, 2.75) is 13.5 Å². The van der Waals surface area contributed by atoms with Crippen molar-refractivity contribution in [2.75, 3.05) is 13.2 Å². The highest BCUT2D eigenvalue weighted by Gasteiger charge is 2.07. The first-order chi connectivity index (χ1) is 10.3. The van der Waals surface area contributed by atoms with Crippen LogP contribution >= 0.6 is 11.6 Å². The second kappa shape index (κ2) is 8.36. The summed E-state index contributed by atoms with van der Waals surface area (Å²) >= 11 is 6.20. The van der Waals surface area contributed by atoms with E-state index in [1.165, 1.54) is 0 Å². The minimum atomic E-state index is 0.317. The van der Waals surface area contributed by atoms with Gasteiger partial charge in [-0.05, 0) is 24.7 Å². The molecule has 0 bridgehead atoms. The molecule has 0 aromatic heterocycles. The molecule has 3 heteroatoms. The van der Waals surface area contributed by atoms with Gasteiger partial charge < -0.3 is 10.1 Å². The largest absolute Gasteiger partial charge is 0.479 e. The minimum Gasteiger partial charge on any atom is -0.479 e. The number of halogens is 1. The summed E-state index contributed by atoms with van der Waals surface area (Å²) in [4.78, 5) is 0. The van der Waals surface area contributed by atoms with E-state index in [-0.39, 0.29) is 0 Å². The van der Waals surface area contributed by atoms with Crippen LogP contribution in [0.5, 0.6) is 5.75 Å². The monoisotopic (exact) mass is 299 g/mol. The quantitative estimate of drug-likeness (QED) is 0.846. The molecule has 0 unspecified atom stereocenters. The summed E-state index contributed by atoms with van der Waals surface area (Å²) in [6.45, 7) is 4.02.